The first-order valence-corrected chi connectivity index (χ1v) is 11.4. The molecule has 1 fully saturated rings. The molecule has 0 unspecified atom stereocenters. The smallest absolute Gasteiger partial charge is 0.295 e. The molecule has 11 heteroatoms. The number of piperazine rings is 1. The van der Waals surface area contributed by atoms with Gasteiger partial charge in [0.25, 0.3) is 11.7 Å². The van der Waals surface area contributed by atoms with Gasteiger partial charge in [-0.1, -0.05) is 35.0 Å². The highest BCUT2D eigenvalue weighted by atomic mass is 35.5. The Labute approximate surface area is 204 Å². The van der Waals surface area contributed by atoms with Crippen molar-refractivity contribution in [1.29, 1.82) is 0 Å². The van der Waals surface area contributed by atoms with E-state index in [1.165, 1.54) is 6.33 Å². The summed E-state index contributed by atoms with van der Waals surface area (Å²) in [4.78, 5) is 41.4. The van der Waals surface area contributed by atoms with Crippen LogP contribution in [0.2, 0.25) is 5.02 Å². The van der Waals surface area contributed by atoms with Gasteiger partial charge < -0.3 is 14.8 Å². The lowest BCUT2D eigenvalue weighted by Gasteiger charge is -2.34. The van der Waals surface area contributed by atoms with Crippen LogP contribution in [0.25, 0.3) is 27.8 Å². The van der Waals surface area contributed by atoms with E-state index in [0.29, 0.717) is 53.7 Å². The van der Waals surface area contributed by atoms with Gasteiger partial charge in [0.2, 0.25) is 0 Å². The zero-order valence-corrected chi connectivity index (χ0v) is 19.2. The van der Waals surface area contributed by atoms with Crippen LogP contribution < -0.4 is 4.90 Å². The zero-order chi connectivity index (χ0) is 23.9. The molecule has 35 heavy (non-hydrogen) atoms. The number of hydrogen-bond donors (Lipinski definition) is 1. The Hall–Kier alpha value is -4.31. The van der Waals surface area contributed by atoms with Crippen LogP contribution in [-0.2, 0) is 4.79 Å². The van der Waals surface area contributed by atoms with E-state index in [-0.39, 0.29) is 0 Å². The third-order valence-corrected chi connectivity index (χ3v) is 6.44. The Morgan fingerprint density at radius 2 is 1.71 bits per heavy atom. The standard InChI is InChI=1S/C24H19ClN8O2/c25-15-5-7-16(8-6-15)33-23-20(29-30-33)22(27-14-28-23)31-9-11-32(12-10-31)24(35)21(34)18-13-26-19-4-2-1-3-17(18)19/h1-8,13-14,26H,9-12H2. The van der Waals surface area contributed by atoms with Crippen LogP contribution in [0.15, 0.2) is 61.1 Å². The molecule has 1 N–H and O–H groups in total. The molecule has 0 bridgehead atoms. The third-order valence-electron chi connectivity index (χ3n) is 6.18. The maximum absolute atomic E-state index is 13.0. The lowest BCUT2D eigenvalue weighted by molar-refractivity contribution is -0.126. The second-order valence-corrected chi connectivity index (χ2v) is 8.64. The van der Waals surface area contributed by atoms with Crippen molar-refractivity contribution in [2.24, 2.45) is 0 Å². The fourth-order valence-corrected chi connectivity index (χ4v) is 4.49. The van der Waals surface area contributed by atoms with Crippen molar-refractivity contribution in [1.82, 2.24) is 34.8 Å². The van der Waals surface area contributed by atoms with Crippen LogP contribution in [0, 0.1) is 0 Å². The van der Waals surface area contributed by atoms with Crippen LogP contribution in [-0.4, -0.2) is 72.7 Å². The fraction of sp³-hybridized carbons (Fsp3) is 0.167. The largest absolute Gasteiger partial charge is 0.360 e. The molecule has 0 atom stereocenters. The maximum Gasteiger partial charge on any atom is 0.295 e. The van der Waals surface area contributed by atoms with E-state index in [0.717, 1.165) is 16.6 Å². The van der Waals surface area contributed by atoms with Gasteiger partial charge in [-0.2, -0.15) is 4.68 Å². The lowest BCUT2D eigenvalue weighted by Crippen LogP contribution is -2.51. The molecule has 1 amide bonds. The summed E-state index contributed by atoms with van der Waals surface area (Å²) < 4.78 is 1.64. The SMILES string of the molecule is O=C(C(=O)N1CCN(c2ncnc3c2nnn3-c2ccc(Cl)cc2)CC1)c1c[nH]c2ccccc12. The zero-order valence-electron chi connectivity index (χ0n) is 18.4. The number of fused-ring (bicyclic) bond motifs is 2. The molecular weight excluding hydrogens is 468 g/mol. The minimum Gasteiger partial charge on any atom is -0.360 e. The van der Waals surface area contributed by atoms with Gasteiger partial charge in [-0.05, 0) is 30.3 Å². The van der Waals surface area contributed by atoms with E-state index in [1.807, 2.05) is 41.3 Å². The van der Waals surface area contributed by atoms with E-state index in [9.17, 15) is 9.59 Å². The molecular formula is C24H19ClN8O2. The Balaban J connectivity index is 1.20. The number of carbonyl (C=O) groups excluding carboxylic acids is 2. The third kappa shape index (κ3) is 3.68. The van der Waals surface area contributed by atoms with Crippen LogP contribution >= 0.6 is 11.6 Å². The summed E-state index contributed by atoms with van der Waals surface area (Å²) in [5.41, 5.74) is 3.15. The number of benzene rings is 2. The van der Waals surface area contributed by atoms with Gasteiger partial charge in [0.15, 0.2) is 17.0 Å². The van der Waals surface area contributed by atoms with Crippen molar-refractivity contribution in [3.8, 4) is 5.69 Å². The Morgan fingerprint density at radius 1 is 0.943 bits per heavy atom. The average Bonchev–Trinajstić information content (AvgIpc) is 3.53. The van der Waals surface area contributed by atoms with Crippen LogP contribution in [0.5, 0.6) is 0 Å². The number of halogens is 1. The van der Waals surface area contributed by atoms with Gasteiger partial charge in [0.1, 0.15) is 6.33 Å². The average molecular weight is 487 g/mol. The molecule has 0 aliphatic carbocycles. The van der Waals surface area contributed by atoms with Crippen LogP contribution in [0.3, 0.4) is 0 Å². The van der Waals surface area contributed by atoms with E-state index < -0.39 is 11.7 Å². The molecule has 1 aliphatic heterocycles. The summed E-state index contributed by atoms with van der Waals surface area (Å²) in [5, 5.41) is 9.94. The molecule has 174 valence electrons. The number of carbonyl (C=O) groups is 2. The summed E-state index contributed by atoms with van der Waals surface area (Å²) in [6, 6.07) is 14.7. The Morgan fingerprint density at radius 3 is 2.51 bits per heavy atom. The molecule has 0 saturated carbocycles. The van der Waals surface area contributed by atoms with E-state index in [1.54, 1.807) is 27.9 Å². The molecule has 0 radical (unpaired) electrons. The molecule has 1 saturated heterocycles. The summed E-state index contributed by atoms with van der Waals surface area (Å²) in [7, 11) is 0. The number of rotatable bonds is 4. The quantitative estimate of drug-likeness (QED) is 0.307. The highest BCUT2D eigenvalue weighted by molar-refractivity contribution is 6.44. The van der Waals surface area contributed by atoms with Crippen LogP contribution in [0.4, 0.5) is 5.82 Å². The van der Waals surface area contributed by atoms with Crippen molar-refractivity contribution < 1.29 is 9.59 Å². The minimum atomic E-state index is -0.508. The fourth-order valence-electron chi connectivity index (χ4n) is 4.36. The lowest BCUT2D eigenvalue weighted by atomic mass is 10.1. The van der Waals surface area contributed by atoms with Gasteiger partial charge >= 0.3 is 0 Å². The molecule has 0 spiro atoms. The minimum absolute atomic E-state index is 0.393. The summed E-state index contributed by atoms with van der Waals surface area (Å²) >= 11 is 6.00. The molecule has 6 rings (SSSR count). The number of H-pyrrole nitrogens is 1. The number of aromatic amines is 1. The number of amides is 1. The van der Waals surface area contributed by atoms with Gasteiger partial charge in [-0.25, -0.2) is 9.97 Å². The normalized spacial score (nSPS) is 14.1. The number of para-hydroxylation sites is 1. The molecule has 4 heterocycles. The van der Waals surface area contributed by atoms with Gasteiger partial charge in [0, 0.05) is 48.3 Å². The van der Waals surface area contributed by atoms with Gasteiger partial charge in [-0.15, -0.1) is 5.10 Å². The number of ketones is 1. The number of nitrogens with one attached hydrogen (secondary N) is 1. The number of nitrogens with zero attached hydrogens (tertiary/aromatic N) is 7. The topological polar surface area (TPSA) is 113 Å². The molecule has 2 aromatic carbocycles. The maximum atomic E-state index is 13.0. The van der Waals surface area contributed by atoms with E-state index in [2.05, 4.69) is 25.3 Å². The predicted octanol–water partition coefficient (Wildman–Crippen LogP) is 2.88. The first-order valence-electron chi connectivity index (χ1n) is 11.1. The predicted molar refractivity (Wildman–Crippen MR) is 131 cm³/mol. The second kappa shape index (κ2) is 8.48. The van der Waals surface area contributed by atoms with Crippen molar-refractivity contribution in [3.05, 3.63) is 71.6 Å². The number of Topliss-reactive ketones (excluding diaryl/α,β-unsaturated/α-hetero) is 1. The van der Waals surface area contributed by atoms with Crippen LogP contribution in [0.1, 0.15) is 10.4 Å². The number of aromatic nitrogens is 6. The Bertz CT molecular complexity index is 1570. The van der Waals surface area contributed by atoms with Crippen molar-refractivity contribution >= 4 is 51.2 Å². The number of anilines is 1. The number of hydrogen-bond acceptors (Lipinski definition) is 7. The van der Waals surface area contributed by atoms with E-state index >= 15 is 0 Å². The molecule has 5 aromatic rings. The molecule has 3 aromatic heterocycles. The highest BCUT2D eigenvalue weighted by Crippen LogP contribution is 2.25. The van der Waals surface area contributed by atoms with Crippen molar-refractivity contribution in [2.45, 2.75) is 0 Å². The second-order valence-electron chi connectivity index (χ2n) is 8.20. The van der Waals surface area contributed by atoms with Gasteiger partial charge in [-0.3, -0.25) is 9.59 Å². The van der Waals surface area contributed by atoms with E-state index in [4.69, 9.17) is 11.6 Å². The monoisotopic (exact) mass is 486 g/mol. The van der Waals surface area contributed by atoms with Gasteiger partial charge in [0.05, 0.1) is 11.3 Å². The molecule has 1 aliphatic rings. The first-order chi connectivity index (χ1) is 17.1. The summed E-state index contributed by atoms with van der Waals surface area (Å²) in [6.07, 6.45) is 3.08. The first kappa shape index (κ1) is 21.2. The van der Waals surface area contributed by atoms with Crippen molar-refractivity contribution in [2.75, 3.05) is 31.1 Å². The summed E-state index contributed by atoms with van der Waals surface area (Å²) in [6.45, 7) is 1.80. The highest BCUT2D eigenvalue weighted by Gasteiger charge is 2.29. The summed E-state index contributed by atoms with van der Waals surface area (Å²) in [5.74, 6) is -0.368. The van der Waals surface area contributed by atoms with Crippen molar-refractivity contribution in [3.63, 3.8) is 0 Å². The molecule has 10 nitrogen and oxygen atoms in total. The Kier molecular flexibility index (Phi) is 5.14.